The van der Waals surface area contributed by atoms with Crippen molar-refractivity contribution in [2.45, 2.75) is 0 Å². The van der Waals surface area contributed by atoms with Crippen molar-refractivity contribution in [2.24, 2.45) is 0 Å². The summed E-state index contributed by atoms with van der Waals surface area (Å²) in [6, 6.07) is 4.03. The van der Waals surface area contributed by atoms with Crippen molar-refractivity contribution in [3.8, 4) is 0 Å². The van der Waals surface area contributed by atoms with Gasteiger partial charge in [-0.3, -0.25) is 0 Å². The van der Waals surface area contributed by atoms with Gasteiger partial charge in [-0.05, 0) is 40.8 Å². The Hall–Kier alpha value is -0.690. The molecule has 3 nitrogen and oxygen atoms in total. The fraction of sp³-hybridized carbons (Fsp3) is 0.125. The van der Waals surface area contributed by atoms with Crippen LogP contribution in [0.4, 0.5) is 4.39 Å². The highest BCUT2D eigenvalue weighted by atomic mass is 125. The van der Waals surface area contributed by atoms with Gasteiger partial charge in [-0.1, -0.05) is 0 Å². The van der Waals surface area contributed by atoms with Crippen LogP contribution in [0.1, 0.15) is 10.4 Å². The third-order valence-electron chi connectivity index (χ3n) is 1.35. The van der Waals surface area contributed by atoms with Gasteiger partial charge in [0.1, 0.15) is 5.82 Å². The Bertz CT molecular complexity index is 330. The van der Waals surface area contributed by atoms with Crippen LogP contribution < -0.4 is 5.48 Å². The zero-order chi connectivity index (χ0) is 9.84. The van der Waals surface area contributed by atoms with Crippen LogP contribution in [-0.2, 0) is 4.84 Å². The van der Waals surface area contributed by atoms with Gasteiger partial charge in [0, 0.05) is 10.6 Å². The highest BCUT2D eigenvalue weighted by Crippen LogP contribution is 2.13. The molecule has 1 N–H and O–H groups in total. The van der Waals surface area contributed by atoms with Gasteiger partial charge in [-0.2, -0.15) is 5.48 Å². The summed E-state index contributed by atoms with van der Waals surface area (Å²) >= 11 is 1.81. The maximum absolute atomic E-state index is 12.8. The number of hydroxylamine groups is 1. The topological polar surface area (TPSA) is 38.3 Å². The molecule has 1 rings (SSSR count). The Kier molecular flexibility index (Phi) is 3.61. The predicted octanol–water partition coefficient (Wildman–Crippen LogP) is 1.72. The van der Waals surface area contributed by atoms with E-state index in [9.17, 15) is 9.18 Å². The number of halogens is 2. The van der Waals surface area contributed by atoms with E-state index in [2.05, 4.69) is 10.3 Å². The molecule has 0 bridgehead atoms. The number of carbonyl (C=O) groups is 1. The molecule has 13 heavy (non-hydrogen) atoms. The number of nitrogens with one attached hydrogen (secondary N) is 1. The molecule has 0 radical (unpaired) electrons. The zero-order valence-electron chi connectivity index (χ0n) is 6.80. The Labute approximate surface area is 88.4 Å². The second-order valence-electron chi connectivity index (χ2n) is 2.22. The highest BCUT2D eigenvalue weighted by Gasteiger charge is 2.08. The zero-order valence-corrected chi connectivity index (χ0v) is 8.96. The Balaban J connectivity index is 2.90. The first kappa shape index (κ1) is 10.4. The largest absolute Gasteiger partial charge is 0.367 e. The first-order valence-electron chi connectivity index (χ1n) is 3.48. The quantitative estimate of drug-likeness (QED) is 0.666. The monoisotopic (exact) mass is 292 g/mol. The molecular formula is C8H7FINO2. The van der Waals surface area contributed by atoms with E-state index in [-0.39, 0.29) is 5.82 Å². The van der Waals surface area contributed by atoms with Crippen molar-refractivity contribution < 1.29 is 14.0 Å². The SMILES string of the molecule is CNOC(=O)c1ccc([18F])c([125I])c1. The fourth-order valence-electron chi connectivity index (χ4n) is 0.775. The van der Waals surface area contributed by atoms with E-state index in [4.69, 9.17) is 0 Å². The molecule has 0 heterocycles. The summed E-state index contributed by atoms with van der Waals surface area (Å²) in [5.41, 5.74) is 2.57. The summed E-state index contributed by atoms with van der Waals surface area (Å²) < 4.78 is 13.2. The molecule has 0 aromatic heterocycles. The number of hydrogen-bond acceptors (Lipinski definition) is 3. The molecule has 70 valence electrons. The molecule has 0 saturated heterocycles. The van der Waals surface area contributed by atoms with Crippen molar-refractivity contribution >= 4 is 28.6 Å². The molecule has 0 saturated carbocycles. The van der Waals surface area contributed by atoms with E-state index in [1.54, 1.807) is 0 Å². The van der Waals surface area contributed by atoms with E-state index in [1.165, 1.54) is 25.2 Å². The highest BCUT2D eigenvalue weighted by molar-refractivity contribution is 14.1. The summed E-state index contributed by atoms with van der Waals surface area (Å²) in [7, 11) is 1.48. The van der Waals surface area contributed by atoms with E-state index in [0.717, 1.165) is 0 Å². The second kappa shape index (κ2) is 4.52. The van der Waals surface area contributed by atoms with Crippen molar-refractivity contribution in [3.63, 3.8) is 0 Å². The summed E-state index contributed by atoms with van der Waals surface area (Å²) in [6.45, 7) is 0. The van der Waals surface area contributed by atoms with Crippen LogP contribution in [0.5, 0.6) is 0 Å². The molecule has 0 atom stereocenters. The fourth-order valence-corrected chi connectivity index (χ4v) is 1.29. The van der Waals surface area contributed by atoms with Gasteiger partial charge in [-0.25, -0.2) is 9.18 Å². The summed E-state index contributed by atoms with van der Waals surface area (Å²) in [5, 5.41) is 0. The molecule has 1 aromatic carbocycles. The minimum Gasteiger partial charge on any atom is -0.367 e. The molecule has 0 spiro atoms. The Morgan fingerprint density at radius 2 is 2.31 bits per heavy atom. The summed E-state index contributed by atoms with van der Waals surface area (Å²) in [4.78, 5) is 15.6. The number of hydrogen-bond donors (Lipinski definition) is 1. The average Bonchev–Trinajstić information content (AvgIpc) is 2.10. The number of rotatable bonds is 2. The molecule has 0 aliphatic rings. The average molecular weight is 292 g/mol. The molecular weight excluding hydrogens is 285 g/mol. The Morgan fingerprint density at radius 3 is 2.85 bits per heavy atom. The van der Waals surface area contributed by atoms with Gasteiger partial charge in [0.2, 0.25) is 0 Å². The van der Waals surface area contributed by atoms with Gasteiger partial charge in [0.05, 0.1) is 5.56 Å². The van der Waals surface area contributed by atoms with Crippen LogP contribution in [0.15, 0.2) is 18.2 Å². The maximum atomic E-state index is 12.8. The lowest BCUT2D eigenvalue weighted by atomic mass is 10.2. The first-order valence-corrected chi connectivity index (χ1v) is 4.56. The smallest absolute Gasteiger partial charge is 0.356 e. The standard InChI is InChI=1S/C8H7FINO2/c1-11-13-8(12)5-2-3-6(9)7(10)4-5/h2-4,11H,1H3/i9-1,10-2. The molecule has 0 unspecified atom stereocenters. The van der Waals surface area contributed by atoms with Crippen LogP contribution in [0, 0.1) is 9.39 Å². The third-order valence-corrected chi connectivity index (χ3v) is 2.18. The lowest BCUT2D eigenvalue weighted by molar-refractivity contribution is 0.0310. The van der Waals surface area contributed by atoms with Gasteiger partial charge in [0.15, 0.2) is 0 Å². The van der Waals surface area contributed by atoms with E-state index in [1.807, 2.05) is 22.6 Å². The first-order chi connectivity index (χ1) is 6.15. The molecule has 0 fully saturated rings. The molecule has 0 amide bonds. The van der Waals surface area contributed by atoms with Crippen LogP contribution >= 0.6 is 22.6 Å². The summed E-state index contributed by atoms with van der Waals surface area (Å²) in [5.74, 6) is -0.873. The van der Waals surface area contributed by atoms with E-state index >= 15 is 0 Å². The minimum atomic E-state index is -0.527. The third kappa shape index (κ3) is 2.63. The molecule has 0 aliphatic heterocycles. The van der Waals surface area contributed by atoms with E-state index < -0.39 is 5.97 Å². The van der Waals surface area contributed by atoms with Gasteiger partial charge in [0.25, 0.3) is 0 Å². The van der Waals surface area contributed by atoms with Crippen LogP contribution in [0.2, 0.25) is 0 Å². The second-order valence-corrected chi connectivity index (χ2v) is 3.38. The van der Waals surface area contributed by atoms with Crippen molar-refractivity contribution in [2.75, 3.05) is 7.05 Å². The lowest BCUT2D eigenvalue weighted by Crippen LogP contribution is -2.15. The number of benzene rings is 1. The van der Waals surface area contributed by atoms with Gasteiger partial charge < -0.3 is 4.84 Å². The summed E-state index contributed by atoms with van der Waals surface area (Å²) in [6.07, 6.45) is 0. The number of carbonyl (C=O) groups excluding carboxylic acids is 1. The van der Waals surface area contributed by atoms with Crippen molar-refractivity contribution in [1.82, 2.24) is 5.48 Å². The van der Waals surface area contributed by atoms with Crippen molar-refractivity contribution in [3.05, 3.63) is 33.1 Å². The maximum Gasteiger partial charge on any atom is 0.356 e. The van der Waals surface area contributed by atoms with Gasteiger partial charge in [-0.15, -0.1) is 0 Å². The molecule has 1 aromatic rings. The van der Waals surface area contributed by atoms with Crippen LogP contribution in [0.25, 0.3) is 0 Å². The molecule has 0 aliphatic carbocycles. The predicted molar refractivity (Wildman–Crippen MR) is 53.6 cm³/mol. The Morgan fingerprint density at radius 1 is 1.62 bits per heavy atom. The van der Waals surface area contributed by atoms with Crippen LogP contribution in [0.3, 0.4) is 0 Å². The molecule has 5 heteroatoms. The minimum absolute atomic E-state index is 0.320. The van der Waals surface area contributed by atoms with Gasteiger partial charge >= 0.3 is 5.97 Å². The van der Waals surface area contributed by atoms with E-state index in [0.29, 0.717) is 9.13 Å². The van der Waals surface area contributed by atoms with Crippen LogP contribution in [-0.4, -0.2) is 13.0 Å². The van der Waals surface area contributed by atoms with Crippen molar-refractivity contribution in [1.29, 1.82) is 0 Å². The normalized spacial score (nSPS) is 9.77. The lowest BCUT2D eigenvalue weighted by Gasteiger charge is -2.01.